The number of benzene rings is 2. The molecule has 1 atom stereocenters. The second kappa shape index (κ2) is 10.7. The van der Waals surface area contributed by atoms with Gasteiger partial charge in [-0.15, -0.1) is 0 Å². The minimum Gasteiger partial charge on any atom is -0.354 e. The molecular weight excluding hydrogens is 450 g/mol. The molecule has 2 amide bonds. The molecule has 34 heavy (non-hydrogen) atoms. The van der Waals surface area contributed by atoms with E-state index in [4.69, 9.17) is 0 Å². The molecule has 0 radical (unpaired) electrons. The number of carbonyl (C=O) groups excluding carboxylic acids is 2. The number of sulfonamides is 1. The monoisotopic (exact) mass is 483 g/mol. The van der Waals surface area contributed by atoms with Gasteiger partial charge in [-0.25, -0.2) is 8.42 Å². The molecule has 0 aromatic heterocycles. The summed E-state index contributed by atoms with van der Waals surface area (Å²) in [6, 6.07) is 14.3. The van der Waals surface area contributed by atoms with Crippen LogP contribution >= 0.6 is 0 Å². The highest BCUT2D eigenvalue weighted by atomic mass is 32.2. The van der Waals surface area contributed by atoms with E-state index in [0.29, 0.717) is 31.7 Å². The van der Waals surface area contributed by atoms with Crippen molar-refractivity contribution in [1.82, 2.24) is 9.62 Å². The number of hydrogen-bond donors (Lipinski definition) is 1. The lowest BCUT2D eigenvalue weighted by Crippen LogP contribution is -2.48. The molecule has 2 heterocycles. The third kappa shape index (κ3) is 5.18. The first-order chi connectivity index (χ1) is 16.4. The van der Waals surface area contributed by atoms with Gasteiger partial charge >= 0.3 is 0 Å². The summed E-state index contributed by atoms with van der Waals surface area (Å²) in [4.78, 5) is 27.6. The highest BCUT2D eigenvalue weighted by Gasteiger charge is 2.38. The van der Waals surface area contributed by atoms with Gasteiger partial charge in [-0.1, -0.05) is 43.7 Å². The van der Waals surface area contributed by atoms with Gasteiger partial charge in [0, 0.05) is 38.2 Å². The summed E-state index contributed by atoms with van der Waals surface area (Å²) in [5.41, 5.74) is 2.58. The Hall–Kier alpha value is -2.71. The third-order valence-corrected chi connectivity index (χ3v) is 8.54. The van der Waals surface area contributed by atoms with Crippen LogP contribution in [0.25, 0.3) is 0 Å². The van der Waals surface area contributed by atoms with Crippen LogP contribution < -0.4 is 10.2 Å². The Morgan fingerprint density at radius 3 is 2.47 bits per heavy atom. The molecule has 0 spiro atoms. The third-order valence-electron chi connectivity index (χ3n) is 6.65. The van der Waals surface area contributed by atoms with Crippen LogP contribution in [0.2, 0.25) is 0 Å². The average molecular weight is 484 g/mol. The Balaban J connectivity index is 1.47. The second-order valence-electron chi connectivity index (χ2n) is 8.97. The van der Waals surface area contributed by atoms with Crippen LogP contribution in [-0.2, 0) is 32.5 Å². The van der Waals surface area contributed by atoms with Crippen molar-refractivity contribution in [3.05, 3.63) is 59.7 Å². The van der Waals surface area contributed by atoms with Crippen molar-refractivity contribution in [3.8, 4) is 0 Å². The van der Waals surface area contributed by atoms with Crippen molar-refractivity contribution in [1.29, 1.82) is 0 Å². The zero-order valence-electron chi connectivity index (χ0n) is 19.7. The lowest BCUT2D eigenvalue weighted by Gasteiger charge is -2.26. The molecule has 0 saturated carbocycles. The molecule has 4 rings (SSSR count). The molecule has 0 unspecified atom stereocenters. The number of nitrogens with one attached hydrogen (secondary N) is 1. The van der Waals surface area contributed by atoms with Crippen LogP contribution in [-0.4, -0.2) is 50.2 Å². The van der Waals surface area contributed by atoms with Crippen LogP contribution in [0.3, 0.4) is 0 Å². The predicted molar refractivity (Wildman–Crippen MR) is 132 cm³/mol. The number of anilines is 1. The number of fused-ring (bicyclic) bond motifs is 1. The van der Waals surface area contributed by atoms with Crippen molar-refractivity contribution in [2.45, 2.75) is 62.8 Å². The fraction of sp³-hybridized carbons (Fsp3) is 0.462. The van der Waals surface area contributed by atoms with Crippen molar-refractivity contribution >= 4 is 27.5 Å². The SMILES string of the molecule is CCC(=O)N1c2ccc(S(=O)(=O)N3CCCCC3)cc2C[C@@H]1C(=O)NCCCc1ccccc1. The fourth-order valence-electron chi connectivity index (χ4n) is 4.80. The van der Waals surface area contributed by atoms with E-state index in [1.54, 1.807) is 34.3 Å². The first-order valence-electron chi connectivity index (χ1n) is 12.2. The number of aryl methyl sites for hydroxylation is 1. The molecule has 1 N–H and O–H groups in total. The molecule has 1 fully saturated rings. The maximum absolute atomic E-state index is 13.1. The van der Waals surface area contributed by atoms with Gasteiger partial charge in [-0.05, 0) is 55.0 Å². The summed E-state index contributed by atoms with van der Waals surface area (Å²) in [7, 11) is -3.58. The molecule has 0 aliphatic carbocycles. The normalized spacial score (nSPS) is 18.5. The molecule has 0 bridgehead atoms. The molecule has 2 aromatic carbocycles. The summed E-state index contributed by atoms with van der Waals surface area (Å²) in [5.74, 6) is -0.346. The first-order valence-corrected chi connectivity index (χ1v) is 13.6. The topological polar surface area (TPSA) is 86.8 Å². The Morgan fingerprint density at radius 2 is 1.76 bits per heavy atom. The quantitative estimate of drug-likeness (QED) is 0.584. The molecule has 7 nitrogen and oxygen atoms in total. The zero-order chi connectivity index (χ0) is 24.1. The van der Waals surface area contributed by atoms with Crippen molar-refractivity contribution in [2.24, 2.45) is 0 Å². The van der Waals surface area contributed by atoms with Gasteiger partial charge in [0.15, 0.2) is 0 Å². The molecule has 8 heteroatoms. The first kappa shape index (κ1) is 24.4. The Morgan fingerprint density at radius 1 is 1.03 bits per heavy atom. The highest BCUT2D eigenvalue weighted by molar-refractivity contribution is 7.89. The molecule has 2 aliphatic heterocycles. The largest absolute Gasteiger partial charge is 0.354 e. The number of amides is 2. The summed E-state index contributed by atoms with van der Waals surface area (Å²) < 4.78 is 27.8. The molecule has 1 saturated heterocycles. The van der Waals surface area contributed by atoms with E-state index in [2.05, 4.69) is 17.4 Å². The number of piperidine rings is 1. The summed E-state index contributed by atoms with van der Waals surface area (Å²) in [6.07, 6.45) is 5.04. The van der Waals surface area contributed by atoms with Gasteiger partial charge in [0.25, 0.3) is 0 Å². The van der Waals surface area contributed by atoms with E-state index in [-0.39, 0.29) is 23.1 Å². The van der Waals surface area contributed by atoms with Crippen LogP contribution in [0.1, 0.15) is 50.2 Å². The lowest BCUT2D eigenvalue weighted by molar-refractivity contribution is -0.126. The summed E-state index contributed by atoms with van der Waals surface area (Å²) >= 11 is 0. The maximum Gasteiger partial charge on any atom is 0.243 e. The molecular formula is C26H33N3O4S. The van der Waals surface area contributed by atoms with Crippen LogP contribution in [0, 0.1) is 0 Å². The smallest absolute Gasteiger partial charge is 0.243 e. The summed E-state index contributed by atoms with van der Waals surface area (Å²) in [6.45, 7) is 3.36. The van der Waals surface area contributed by atoms with E-state index in [1.165, 1.54) is 5.56 Å². The Kier molecular flexibility index (Phi) is 7.68. The van der Waals surface area contributed by atoms with Crippen molar-refractivity contribution < 1.29 is 18.0 Å². The van der Waals surface area contributed by atoms with E-state index in [9.17, 15) is 18.0 Å². The predicted octanol–water partition coefficient (Wildman–Crippen LogP) is 3.28. The van der Waals surface area contributed by atoms with E-state index in [0.717, 1.165) is 37.7 Å². The summed E-state index contributed by atoms with van der Waals surface area (Å²) in [5, 5.41) is 2.98. The molecule has 2 aliphatic rings. The fourth-order valence-corrected chi connectivity index (χ4v) is 6.37. The molecule has 2 aromatic rings. The Labute approximate surface area is 202 Å². The highest BCUT2D eigenvalue weighted by Crippen LogP contribution is 2.35. The average Bonchev–Trinajstić information content (AvgIpc) is 3.26. The van der Waals surface area contributed by atoms with Crippen LogP contribution in [0.15, 0.2) is 53.4 Å². The number of hydrogen-bond acceptors (Lipinski definition) is 4. The van der Waals surface area contributed by atoms with Gasteiger partial charge in [0.1, 0.15) is 6.04 Å². The maximum atomic E-state index is 13.1. The van der Waals surface area contributed by atoms with Gasteiger partial charge < -0.3 is 5.32 Å². The van der Waals surface area contributed by atoms with Gasteiger partial charge in [0.05, 0.1) is 4.90 Å². The van der Waals surface area contributed by atoms with Gasteiger partial charge in [-0.2, -0.15) is 4.31 Å². The molecule has 182 valence electrons. The second-order valence-corrected chi connectivity index (χ2v) is 10.9. The van der Waals surface area contributed by atoms with E-state index in [1.807, 2.05) is 18.2 Å². The lowest BCUT2D eigenvalue weighted by atomic mass is 10.1. The van der Waals surface area contributed by atoms with Crippen LogP contribution in [0.4, 0.5) is 5.69 Å². The van der Waals surface area contributed by atoms with Crippen molar-refractivity contribution in [2.75, 3.05) is 24.5 Å². The van der Waals surface area contributed by atoms with Gasteiger partial charge in [-0.3, -0.25) is 14.5 Å². The minimum atomic E-state index is -3.58. The van der Waals surface area contributed by atoms with Gasteiger partial charge in [0.2, 0.25) is 21.8 Å². The Bertz CT molecular complexity index is 1130. The van der Waals surface area contributed by atoms with E-state index >= 15 is 0 Å². The van der Waals surface area contributed by atoms with E-state index < -0.39 is 16.1 Å². The number of rotatable bonds is 8. The van der Waals surface area contributed by atoms with Crippen LogP contribution in [0.5, 0.6) is 0 Å². The number of carbonyl (C=O) groups is 2. The zero-order valence-corrected chi connectivity index (χ0v) is 20.5. The number of nitrogens with zero attached hydrogens (tertiary/aromatic N) is 2. The minimum absolute atomic E-state index is 0.144. The van der Waals surface area contributed by atoms with Crippen molar-refractivity contribution in [3.63, 3.8) is 0 Å². The standard InChI is InChI=1S/C26H33N3O4S/c1-2-25(30)29-23-14-13-22(34(32,33)28-16-7-4-8-17-28)18-21(23)19-24(29)26(31)27-15-9-12-20-10-5-3-6-11-20/h3,5-6,10-11,13-14,18,24H,2,4,7-9,12,15-17,19H2,1H3,(H,27,31)/t24-/m1/s1.